The summed E-state index contributed by atoms with van der Waals surface area (Å²) in [4.78, 5) is 2.35. The highest BCUT2D eigenvalue weighted by atomic mass is 16.5. The van der Waals surface area contributed by atoms with Crippen LogP contribution < -0.4 is 9.64 Å². The highest BCUT2D eigenvalue weighted by Crippen LogP contribution is 2.45. The van der Waals surface area contributed by atoms with Crippen molar-refractivity contribution < 1.29 is 4.74 Å². The Balaban J connectivity index is 1.30. The second kappa shape index (κ2) is 11.1. The van der Waals surface area contributed by atoms with E-state index in [1.54, 1.807) is 0 Å². The van der Waals surface area contributed by atoms with Crippen LogP contribution in [-0.2, 0) is 0 Å². The highest BCUT2D eigenvalue weighted by Gasteiger charge is 2.19. The topological polar surface area (TPSA) is 12.5 Å². The average molecular weight is 564 g/mol. The molecule has 0 aliphatic carbocycles. The predicted octanol–water partition coefficient (Wildman–Crippen LogP) is 12.1. The Kier molecular flexibility index (Phi) is 6.51. The van der Waals surface area contributed by atoms with Crippen molar-refractivity contribution in [3.8, 4) is 22.6 Å². The van der Waals surface area contributed by atoms with E-state index in [2.05, 4.69) is 150 Å². The third-order valence-corrected chi connectivity index (χ3v) is 8.28. The summed E-state index contributed by atoms with van der Waals surface area (Å²) in [6.07, 6.45) is 0. The van der Waals surface area contributed by atoms with Crippen LogP contribution in [0.25, 0.3) is 43.4 Å². The molecule has 0 unspecified atom stereocenters. The van der Waals surface area contributed by atoms with E-state index in [0.717, 1.165) is 39.3 Å². The molecular weight excluding hydrogens is 534 g/mol. The summed E-state index contributed by atoms with van der Waals surface area (Å²) < 4.78 is 6.57. The Bertz CT molecular complexity index is 2180. The lowest BCUT2D eigenvalue weighted by Crippen LogP contribution is -2.10. The maximum Gasteiger partial charge on any atom is 0.143 e. The van der Waals surface area contributed by atoms with Crippen molar-refractivity contribution in [2.45, 2.75) is 0 Å². The Morgan fingerprint density at radius 1 is 0.364 bits per heavy atom. The van der Waals surface area contributed by atoms with Gasteiger partial charge in [0.25, 0.3) is 0 Å². The van der Waals surface area contributed by atoms with Gasteiger partial charge in [-0.2, -0.15) is 0 Å². The molecule has 0 fully saturated rings. The molecule has 0 aromatic heterocycles. The molecule has 0 saturated carbocycles. The monoisotopic (exact) mass is 563 g/mol. The van der Waals surface area contributed by atoms with Crippen LogP contribution in [0.3, 0.4) is 0 Å². The first kappa shape index (κ1) is 25.8. The lowest BCUT2D eigenvalue weighted by atomic mass is 9.91. The Morgan fingerprint density at radius 2 is 0.864 bits per heavy atom. The van der Waals surface area contributed by atoms with Crippen molar-refractivity contribution in [3.63, 3.8) is 0 Å². The zero-order chi connectivity index (χ0) is 29.3. The minimum atomic E-state index is 0.828. The van der Waals surface area contributed by atoms with Gasteiger partial charge in [0, 0.05) is 27.5 Å². The van der Waals surface area contributed by atoms with Crippen molar-refractivity contribution in [2.24, 2.45) is 0 Å². The minimum absolute atomic E-state index is 0.828. The van der Waals surface area contributed by atoms with E-state index < -0.39 is 0 Å². The van der Waals surface area contributed by atoms with Gasteiger partial charge in [-0.15, -0.1) is 0 Å². The normalized spacial score (nSPS) is 11.2. The SMILES string of the molecule is c1ccc(Oc2c3ccccc3c(-c3ccc(N(c4ccccc4)c4cccc5ccccc45)cc3)c3ccccc23)cc1. The molecule has 2 heteroatoms. The molecule has 0 aliphatic rings. The van der Waals surface area contributed by atoms with E-state index >= 15 is 0 Å². The van der Waals surface area contributed by atoms with Gasteiger partial charge < -0.3 is 9.64 Å². The molecule has 0 amide bonds. The summed E-state index contributed by atoms with van der Waals surface area (Å²) in [5.41, 5.74) is 5.75. The van der Waals surface area contributed by atoms with Gasteiger partial charge in [0.15, 0.2) is 0 Å². The van der Waals surface area contributed by atoms with Crippen LogP contribution in [0.2, 0.25) is 0 Å². The first-order valence-electron chi connectivity index (χ1n) is 14.9. The molecule has 208 valence electrons. The fourth-order valence-electron chi connectivity index (χ4n) is 6.30. The number of anilines is 3. The molecule has 0 spiro atoms. The van der Waals surface area contributed by atoms with Crippen molar-refractivity contribution in [2.75, 3.05) is 4.90 Å². The Labute approximate surface area is 257 Å². The molecule has 0 aliphatic heterocycles. The van der Waals surface area contributed by atoms with Gasteiger partial charge in [0.05, 0.1) is 5.69 Å². The number of benzene rings is 8. The van der Waals surface area contributed by atoms with E-state index in [0.29, 0.717) is 0 Å². The Morgan fingerprint density at radius 3 is 1.52 bits per heavy atom. The number of hydrogen-bond donors (Lipinski definition) is 0. The molecule has 44 heavy (non-hydrogen) atoms. The van der Waals surface area contributed by atoms with Crippen molar-refractivity contribution in [1.29, 1.82) is 0 Å². The van der Waals surface area contributed by atoms with Crippen LogP contribution in [-0.4, -0.2) is 0 Å². The molecule has 8 rings (SSSR count). The third-order valence-electron chi connectivity index (χ3n) is 8.28. The number of rotatable bonds is 6. The average Bonchev–Trinajstić information content (AvgIpc) is 3.10. The van der Waals surface area contributed by atoms with Gasteiger partial charge in [-0.25, -0.2) is 0 Å². The van der Waals surface area contributed by atoms with Crippen LogP contribution in [0.15, 0.2) is 176 Å². The molecule has 8 aromatic carbocycles. The number of nitrogens with zero attached hydrogens (tertiary/aromatic N) is 1. The van der Waals surface area contributed by atoms with Crippen LogP contribution in [0, 0.1) is 0 Å². The largest absolute Gasteiger partial charge is 0.456 e. The quantitative estimate of drug-likeness (QED) is 0.187. The second-order valence-electron chi connectivity index (χ2n) is 10.9. The zero-order valence-corrected chi connectivity index (χ0v) is 24.1. The molecule has 0 heterocycles. The maximum absolute atomic E-state index is 6.57. The fraction of sp³-hybridized carbons (Fsp3) is 0. The smallest absolute Gasteiger partial charge is 0.143 e. The van der Waals surface area contributed by atoms with Gasteiger partial charge in [-0.05, 0) is 69.8 Å². The summed E-state index contributed by atoms with van der Waals surface area (Å²) >= 11 is 0. The second-order valence-corrected chi connectivity index (χ2v) is 10.9. The number of hydrogen-bond acceptors (Lipinski definition) is 2. The molecule has 0 saturated heterocycles. The number of ether oxygens (including phenoxy) is 1. The Hall–Kier alpha value is -5.86. The maximum atomic E-state index is 6.57. The summed E-state index contributed by atoms with van der Waals surface area (Å²) in [6, 6.07) is 61.8. The molecule has 0 N–H and O–H groups in total. The summed E-state index contributed by atoms with van der Waals surface area (Å²) in [5, 5.41) is 6.96. The van der Waals surface area contributed by atoms with Crippen LogP contribution in [0.4, 0.5) is 17.1 Å². The first-order chi connectivity index (χ1) is 21.8. The van der Waals surface area contributed by atoms with E-state index in [1.165, 1.54) is 32.7 Å². The summed E-state index contributed by atoms with van der Waals surface area (Å²) in [5.74, 6) is 1.71. The number of fused-ring (bicyclic) bond motifs is 3. The lowest BCUT2D eigenvalue weighted by molar-refractivity contribution is 0.494. The van der Waals surface area contributed by atoms with Gasteiger partial charge in [0.1, 0.15) is 11.5 Å². The predicted molar refractivity (Wildman–Crippen MR) is 186 cm³/mol. The minimum Gasteiger partial charge on any atom is -0.456 e. The van der Waals surface area contributed by atoms with Crippen molar-refractivity contribution in [3.05, 3.63) is 176 Å². The molecule has 0 atom stereocenters. The molecule has 0 radical (unpaired) electrons. The lowest BCUT2D eigenvalue weighted by Gasteiger charge is -2.27. The number of para-hydroxylation sites is 2. The molecular formula is C42H29NO. The van der Waals surface area contributed by atoms with Crippen molar-refractivity contribution in [1.82, 2.24) is 0 Å². The van der Waals surface area contributed by atoms with E-state index in [1.807, 2.05) is 30.3 Å². The van der Waals surface area contributed by atoms with E-state index in [-0.39, 0.29) is 0 Å². The van der Waals surface area contributed by atoms with Crippen LogP contribution in [0.5, 0.6) is 11.5 Å². The van der Waals surface area contributed by atoms with Gasteiger partial charge in [-0.3, -0.25) is 0 Å². The van der Waals surface area contributed by atoms with Crippen LogP contribution in [0.1, 0.15) is 0 Å². The summed E-state index contributed by atoms with van der Waals surface area (Å²) in [7, 11) is 0. The van der Waals surface area contributed by atoms with Crippen LogP contribution >= 0.6 is 0 Å². The third kappa shape index (κ3) is 4.54. The molecule has 0 bridgehead atoms. The zero-order valence-electron chi connectivity index (χ0n) is 24.1. The van der Waals surface area contributed by atoms with Gasteiger partial charge in [0.2, 0.25) is 0 Å². The first-order valence-corrected chi connectivity index (χ1v) is 14.9. The van der Waals surface area contributed by atoms with E-state index in [9.17, 15) is 0 Å². The standard InChI is InChI=1S/C42H29NO/c1-3-16-32(17-4-1)43(40-25-13-15-30-14-7-8-20-35(30)40)33-28-26-31(27-29-33)41-36-21-9-11-23-38(36)42(39-24-12-10-22-37(39)41)44-34-18-5-2-6-19-34/h1-29H. The van der Waals surface area contributed by atoms with Gasteiger partial charge >= 0.3 is 0 Å². The van der Waals surface area contributed by atoms with Crippen molar-refractivity contribution >= 4 is 49.4 Å². The summed E-state index contributed by atoms with van der Waals surface area (Å²) in [6.45, 7) is 0. The fourth-order valence-corrected chi connectivity index (χ4v) is 6.30. The highest BCUT2D eigenvalue weighted by molar-refractivity contribution is 6.17. The van der Waals surface area contributed by atoms with Gasteiger partial charge in [-0.1, -0.05) is 133 Å². The molecule has 8 aromatic rings. The molecule has 2 nitrogen and oxygen atoms in total. The van der Waals surface area contributed by atoms with E-state index in [4.69, 9.17) is 4.74 Å².